The molecular formula is C6H20Cl2N6P4. The Morgan fingerprint density at radius 3 is 1.00 bits per heavy atom. The van der Waals surface area contributed by atoms with E-state index in [1.807, 2.05) is 56.3 Å². The maximum atomic E-state index is 4.43. The summed E-state index contributed by atoms with van der Waals surface area (Å²) in [6.07, 6.45) is 0. The van der Waals surface area contributed by atoms with Crippen molar-refractivity contribution in [1.29, 1.82) is 0 Å². The molecule has 0 saturated carbocycles. The number of hydrogen-bond donors (Lipinski definition) is 0. The molecule has 0 amide bonds. The maximum Gasteiger partial charge on any atom is 0.283 e. The molecule has 0 N–H and O–H groups in total. The van der Waals surface area contributed by atoms with E-state index in [-0.39, 0.29) is 24.8 Å². The van der Waals surface area contributed by atoms with Crippen molar-refractivity contribution < 1.29 is 0 Å². The summed E-state index contributed by atoms with van der Waals surface area (Å²) in [6, 6.07) is 0. The van der Waals surface area contributed by atoms with Gasteiger partial charge >= 0.3 is 0 Å². The van der Waals surface area contributed by atoms with Crippen LogP contribution in [0.4, 0.5) is 0 Å². The summed E-state index contributed by atoms with van der Waals surface area (Å²) in [4.78, 5) is 0. The van der Waals surface area contributed by atoms with Gasteiger partial charge in [-0.25, -0.2) is 14.0 Å². The minimum absolute atomic E-state index is 0. The second-order valence-electron chi connectivity index (χ2n) is 3.35. The first kappa shape index (κ1) is 24.2. The van der Waals surface area contributed by atoms with E-state index in [1.165, 1.54) is 0 Å². The monoisotopic (exact) mass is 370 g/mol. The van der Waals surface area contributed by atoms with Crippen LogP contribution in [0.2, 0.25) is 0 Å². The molecule has 0 aromatic carbocycles. The van der Waals surface area contributed by atoms with Crippen LogP contribution in [0, 0.1) is 0 Å². The molecule has 0 saturated heterocycles. The zero-order valence-corrected chi connectivity index (χ0v) is 16.5. The highest BCUT2D eigenvalue weighted by Gasteiger charge is 2.02. The number of nitrogens with zero attached hydrogens (tertiary/aromatic N) is 6. The van der Waals surface area contributed by atoms with E-state index in [1.54, 1.807) is 0 Å². The van der Waals surface area contributed by atoms with Crippen LogP contribution in [0.25, 0.3) is 0 Å². The Labute approximate surface area is 128 Å². The summed E-state index contributed by atoms with van der Waals surface area (Å²) in [5.41, 5.74) is 0. The van der Waals surface area contributed by atoms with Gasteiger partial charge in [0, 0.05) is 0 Å². The molecule has 0 aromatic rings. The van der Waals surface area contributed by atoms with Gasteiger partial charge in [-0.15, -0.1) is 24.8 Å². The average Bonchev–Trinajstić information content (AvgIpc) is 2.15. The summed E-state index contributed by atoms with van der Waals surface area (Å²) in [5, 5.41) is 0. The van der Waals surface area contributed by atoms with Gasteiger partial charge in [-0.3, -0.25) is 0 Å². The minimum atomic E-state index is -0.945. The molecule has 0 spiro atoms. The summed E-state index contributed by atoms with van der Waals surface area (Å²) in [5.74, 6) is 0. The van der Waals surface area contributed by atoms with E-state index < -0.39 is 8.37 Å². The Morgan fingerprint density at radius 2 is 0.833 bits per heavy atom. The first-order valence-electron chi connectivity index (χ1n) is 4.48. The molecule has 0 rings (SSSR count). The van der Waals surface area contributed by atoms with Crippen LogP contribution >= 0.6 is 58.8 Å². The highest BCUT2D eigenvalue weighted by atomic mass is 35.5. The topological polar surface area (TPSA) is 46.8 Å². The molecule has 108 valence electrons. The lowest BCUT2D eigenvalue weighted by molar-refractivity contribution is 0.696. The van der Waals surface area contributed by atoms with E-state index >= 15 is 0 Å². The van der Waals surface area contributed by atoms with E-state index in [4.69, 9.17) is 0 Å². The van der Waals surface area contributed by atoms with Gasteiger partial charge in [-0.2, -0.15) is 13.5 Å². The lowest BCUT2D eigenvalue weighted by atomic mass is 11.3. The van der Waals surface area contributed by atoms with Gasteiger partial charge in [0.2, 0.25) is 0 Å². The molecule has 0 unspecified atom stereocenters. The van der Waals surface area contributed by atoms with Crippen molar-refractivity contribution in [2.45, 2.75) is 0 Å². The van der Waals surface area contributed by atoms with Crippen molar-refractivity contribution in [1.82, 2.24) is 14.0 Å². The average molecular weight is 371 g/mol. The van der Waals surface area contributed by atoms with Crippen LogP contribution in [0.3, 0.4) is 0 Å². The molecule has 18 heavy (non-hydrogen) atoms. The van der Waals surface area contributed by atoms with Crippen molar-refractivity contribution in [3.8, 4) is 0 Å². The highest BCUT2D eigenvalue weighted by molar-refractivity contribution is 7.63. The van der Waals surface area contributed by atoms with Crippen LogP contribution in [0.5, 0.6) is 0 Å². The van der Waals surface area contributed by atoms with E-state index in [2.05, 4.69) is 13.5 Å². The molecule has 0 aliphatic carbocycles. The summed E-state index contributed by atoms with van der Waals surface area (Å²) in [7, 11) is 13.7. The van der Waals surface area contributed by atoms with Gasteiger partial charge in [-0.05, 0) is 42.3 Å². The molecule has 0 atom stereocenters. The number of hydrogen-bond acceptors (Lipinski definition) is 3. The van der Waals surface area contributed by atoms with Crippen molar-refractivity contribution >= 4 is 58.8 Å². The minimum Gasteiger partial charge on any atom is -0.248 e. The molecular weight excluding hydrogens is 351 g/mol. The predicted molar refractivity (Wildman–Crippen MR) is 90.5 cm³/mol. The normalized spacial score (nSPS) is 13.8. The lowest BCUT2D eigenvalue weighted by Crippen LogP contribution is -1.92. The Balaban J connectivity index is -0.00000112. The van der Waals surface area contributed by atoms with Gasteiger partial charge in [0.1, 0.15) is 25.6 Å². The Morgan fingerprint density at radius 1 is 0.611 bits per heavy atom. The Kier molecular flexibility index (Phi) is 19.6. The third-order valence-corrected chi connectivity index (χ3v) is 4.85. The Hall–Kier alpha value is 1.19. The smallest absolute Gasteiger partial charge is 0.248 e. The van der Waals surface area contributed by atoms with E-state index in [9.17, 15) is 0 Å². The number of halogens is 2. The van der Waals surface area contributed by atoms with Crippen molar-refractivity contribution in [3.63, 3.8) is 0 Å². The van der Waals surface area contributed by atoms with Crippen molar-refractivity contribution in [3.05, 3.63) is 0 Å². The van der Waals surface area contributed by atoms with Crippen LogP contribution in [-0.2, 0) is 0 Å². The molecule has 0 fully saturated rings. The third-order valence-electron chi connectivity index (χ3n) is 0.897. The van der Waals surface area contributed by atoms with Crippen molar-refractivity contribution in [2.75, 3.05) is 42.3 Å². The third kappa shape index (κ3) is 17.2. The standard InChI is InChI=1S/C6H18N6P4.2ClH/c1-10(2)13-7-16(8-14-11(3)4)9-15-12(5)6;;/h1-6H3;2*1H. The molecule has 0 heterocycles. The van der Waals surface area contributed by atoms with Crippen LogP contribution < -0.4 is 0 Å². The van der Waals surface area contributed by atoms with Gasteiger partial charge in [0.25, 0.3) is 8.37 Å². The molecule has 0 bridgehead atoms. The molecule has 6 nitrogen and oxygen atoms in total. The maximum absolute atomic E-state index is 4.43. The lowest BCUT2D eigenvalue weighted by Gasteiger charge is -2.03. The fraction of sp³-hybridized carbons (Fsp3) is 1.00. The summed E-state index contributed by atoms with van der Waals surface area (Å²) < 4.78 is 19.2. The van der Waals surface area contributed by atoms with E-state index in [0.717, 1.165) is 25.6 Å². The summed E-state index contributed by atoms with van der Waals surface area (Å²) in [6.45, 7) is 0. The van der Waals surface area contributed by atoms with Crippen LogP contribution in [-0.4, -0.2) is 56.3 Å². The first-order valence-corrected chi connectivity index (χ1v) is 8.08. The highest BCUT2D eigenvalue weighted by Crippen LogP contribution is 2.49. The molecule has 12 heteroatoms. The molecule has 0 radical (unpaired) electrons. The van der Waals surface area contributed by atoms with Gasteiger partial charge < -0.3 is 0 Å². The van der Waals surface area contributed by atoms with Crippen LogP contribution in [0.15, 0.2) is 13.5 Å². The van der Waals surface area contributed by atoms with Crippen molar-refractivity contribution in [2.24, 2.45) is 13.5 Å². The zero-order valence-electron chi connectivity index (χ0n) is 11.3. The largest absolute Gasteiger partial charge is 0.283 e. The fourth-order valence-electron chi connectivity index (χ4n) is 0.401. The molecule has 0 aliphatic rings. The molecule has 0 aliphatic heterocycles. The summed E-state index contributed by atoms with van der Waals surface area (Å²) >= 11 is 0. The van der Waals surface area contributed by atoms with Gasteiger partial charge in [0.05, 0.1) is 0 Å². The molecule has 0 aromatic heterocycles. The number of rotatable bonds is 6. The SMILES string of the molecule is CN(C)/P=N/P(/N=P/N(C)C)/N=P/N(C)C.Cl.Cl. The second-order valence-corrected chi connectivity index (χ2v) is 8.97. The zero-order chi connectivity index (χ0) is 12.6. The van der Waals surface area contributed by atoms with E-state index in [0.29, 0.717) is 0 Å². The van der Waals surface area contributed by atoms with Gasteiger partial charge in [0.15, 0.2) is 0 Å². The predicted octanol–water partition coefficient (Wildman–Crippen LogP) is 4.88. The quantitative estimate of drug-likeness (QED) is 0.626. The fourth-order valence-corrected chi connectivity index (χ4v) is 4.57. The Bertz CT molecular complexity index is 230. The van der Waals surface area contributed by atoms with Crippen LogP contribution in [0.1, 0.15) is 0 Å². The second kappa shape index (κ2) is 14.6. The van der Waals surface area contributed by atoms with Gasteiger partial charge in [-0.1, -0.05) is 0 Å². The first-order chi connectivity index (χ1) is 7.41.